The molecule has 0 spiro atoms. The highest BCUT2D eigenvalue weighted by atomic mass is 32.2. The third-order valence-electron chi connectivity index (χ3n) is 4.49. The molecule has 1 saturated heterocycles. The van der Waals surface area contributed by atoms with Crippen LogP contribution in [0.4, 0.5) is 0 Å². The van der Waals surface area contributed by atoms with Crippen LogP contribution in [0.5, 0.6) is 0 Å². The Labute approximate surface area is 112 Å². The fourth-order valence-electron chi connectivity index (χ4n) is 3.28. The van der Waals surface area contributed by atoms with Gasteiger partial charge in [0, 0.05) is 6.54 Å². The molecule has 4 heteroatoms. The number of rotatable bonds is 4. The first kappa shape index (κ1) is 14.3. The maximum atomic E-state index is 11.7. The van der Waals surface area contributed by atoms with Crippen LogP contribution in [-0.2, 0) is 9.84 Å². The highest BCUT2D eigenvalue weighted by Crippen LogP contribution is 2.22. The Morgan fingerprint density at radius 2 is 1.50 bits per heavy atom. The third-order valence-corrected chi connectivity index (χ3v) is 6.77. The standard InChI is InChI=1S/C14H27NO2S/c16-18(17)10-6-9-14(18)12-15-11-13-7-4-2-1-3-5-8-13/h13-15H,1-12H2. The summed E-state index contributed by atoms with van der Waals surface area (Å²) in [4.78, 5) is 0. The van der Waals surface area contributed by atoms with Crippen molar-refractivity contribution in [3.63, 3.8) is 0 Å². The lowest BCUT2D eigenvalue weighted by Crippen LogP contribution is -2.33. The van der Waals surface area contributed by atoms with Gasteiger partial charge in [-0.1, -0.05) is 32.1 Å². The van der Waals surface area contributed by atoms with Gasteiger partial charge in [0.15, 0.2) is 9.84 Å². The van der Waals surface area contributed by atoms with Crippen molar-refractivity contribution in [2.24, 2.45) is 5.92 Å². The molecule has 1 saturated carbocycles. The fourth-order valence-corrected chi connectivity index (χ4v) is 5.08. The van der Waals surface area contributed by atoms with Crippen LogP contribution in [0, 0.1) is 5.92 Å². The van der Waals surface area contributed by atoms with Gasteiger partial charge in [0.25, 0.3) is 0 Å². The normalized spacial score (nSPS) is 29.9. The molecule has 0 radical (unpaired) electrons. The molecule has 2 fully saturated rings. The summed E-state index contributed by atoms with van der Waals surface area (Å²) in [7, 11) is -2.77. The molecule has 1 unspecified atom stereocenters. The quantitative estimate of drug-likeness (QED) is 0.856. The minimum Gasteiger partial charge on any atom is -0.315 e. The number of hydrogen-bond acceptors (Lipinski definition) is 3. The molecule has 0 bridgehead atoms. The zero-order chi connectivity index (χ0) is 12.8. The van der Waals surface area contributed by atoms with E-state index >= 15 is 0 Å². The van der Waals surface area contributed by atoms with Crippen LogP contribution in [0.25, 0.3) is 0 Å². The van der Waals surface area contributed by atoms with Gasteiger partial charge in [-0.2, -0.15) is 0 Å². The van der Waals surface area contributed by atoms with Gasteiger partial charge in [-0.3, -0.25) is 0 Å². The molecule has 18 heavy (non-hydrogen) atoms. The second-order valence-electron chi connectivity index (χ2n) is 6.00. The Morgan fingerprint density at radius 3 is 2.11 bits per heavy atom. The van der Waals surface area contributed by atoms with Gasteiger partial charge in [0.2, 0.25) is 0 Å². The lowest BCUT2D eigenvalue weighted by atomic mass is 9.91. The van der Waals surface area contributed by atoms with Gasteiger partial charge in [-0.15, -0.1) is 0 Å². The summed E-state index contributed by atoms with van der Waals surface area (Å²) in [5.41, 5.74) is 0. The van der Waals surface area contributed by atoms with Crippen molar-refractivity contribution < 1.29 is 8.42 Å². The van der Waals surface area contributed by atoms with Crippen LogP contribution >= 0.6 is 0 Å². The van der Waals surface area contributed by atoms with Crippen LogP contribution in [0.1, 0.15) is 57.8 Å². The molecule has 2 aliphatic rings. The Bertz CT molecular complexity index is 332. The van der Waals surface area contributed by atoms with E-state index in [2.05, 4.69) is 5.32 Å². The van der Waals surface area contributed by atoms with E-state index in [9.17, 15) is 8.42 Å². The predicted octanol–water partition coefficient (Wildman–Crippen LogP) is 2.51. The summed E-state index contributed by atoms with van der Waals surface area (Å²) in [5, 5.41) is 3.32. The maximum absolute atomic E-state index is 11.7. The van der Waals surface area contributed by atoms with Gasteiger partial charge >= 0.3 is 0 Å². The van der Waals surface area contributed by atoms with Gasteiger partial charge < -0.3 is 5.32 Å². The lowest BCUT2D eigenvalue weighted by molar-refractivity contribution is 0.360. The lowest BCUT2D eigenvalue weighted by Gasteiger charge is -2.21. The fraction of sp³-hybridized carbons (Fsp3) is 1.00. The van der Waals surface area contributed by atoms with Crippen molar-refractivity contribution >= 4 is 9.84 Å². The molecule has 0 aromatic rings. The number of hydrogen-bond donors (Lipinski definition) is 1. The molecule has 0 aromatic carbocycles. The largest absolute Gasteiger partial charge is 0.315 e. The van der Waals surface area contributed by atoms with E-state index < -0.39 is 9.84 Å². The number of nitrogens with one attached hydrogen (secondary N) is 1. The van der Waals surface area contributed by atoms with Gasteiger partial charge in [0.1, 0.15) is 0 Å². The molecule has 3 nitrogen and oxygen atoms in total. The predicted molar refractivity (Wildman–Crippen MR) is 75.5 cm³/mol. The Morgan fingerprint density at radius 1 is 0.833 bits per heavy atom. The molecule has 106 valence electrons. The van der Waals surface area contributed by atoms with E-state index in [4.69, 9.17) is 0 Å². The van der Waals surface area contributed by atoms with Crippen LogP contribution < -0.4 is 5.32 Å². The van der Waals surface area contributed by atoms with Crippen molar-refractivity contribution in [1.29, 1.82) is 0 Å². The first-order valence-electron chi connectivity index (χ1n) is 7.61. The van der Waals surface area contributed by atoms with Crippen molar-refractivity contribution in [2.75, 3.05) is 18.8 Å². The van der Waals surface area contributed by atoms with Crippen LogP contribution in [-0.4, -0.2) is 32.5 Å². The van der Waals surface area contributed by atoms with Gasteiger partial charge in [-0.25, -0.2) is 8.42 Å². The molecular formula is C14H27NO2S. The van der Waals surface area contributed by atoms with Crippen molar-refractivity contribution in [2.45, 2.75) is 63.0 Å². The van der Waals surface area contributed by atoms with E-state index in [0.29, 0.717) is 12.3 Å². The summed E-state index contributed by atoms with van der Waals surface area (Å²) in [5.74, 6) is 1.18. The highest BCUT2D eigenvalue weighted by molar-refractivity contribution is 7.92. The molecule has 0 amide bonds. The summed E-state index contributed by atoms with van der Waals surface area (Å²) in [6, 6.07) is 0. The first-order chi connectivity index (χ1) is 8.68. The minimum atomic E-state index is -2.77. The van der Waals surface area contributed by atoms with Gasteiger partial charge in [-0.05, 0) is 38.1 Å². The van der Waals surface area contributed by atoms with Crippen LogP contribution in [0.15, 0.2) is 0 Å². The smallest absolute Gasteiger partial charge is 0.154 e. The van der Waals surface area contributed by atoms with Crippen molar-refractivity contribution in [3.8, 4) is 0 Å². The van der Waals surface area contributed by atoms with E-state index in [1.54, 1.807) is 0 Å². The second-order valence-corrected chi connectivity index (χ2v) is 8.40. The monoisotopic (exact) mass is 273 g/mol. The SMILES string of the molecule is O=S1(=O)CCCC1CNCC1CCCCCCC1. The van der Waals surface area contributed by atoms with Crippen LogP contribution in [0.3, 0.4) is 0 Å². The Balaban J connectivity index is 1.67. The molecule has 1 aliphatic heterocycles. The Kier molecular flexibility index (Phi) is 5.49. The van der Waals surface area contributed by atoms with Crippen molar-refractivity contribution in [3.05, 3.63) is 0 Å². The molecule has 1 aliphatic carbocycles. The molecule has 2 rings (SSSR count). The average Bonchev–Trinajstić information content (AvgIpc) is 2.61. The summed E-state index contributed by atoms with van der Waals surface area (Å²) in [6.07, 6.45) is 11.2. The molecule has 0 aromatic heterocycles. The van der Waals surface area contributed by atoms with E-state index in [-0.39, 0.29) is 5.25 Å². The first-order valence-corrected chi connectivity index (χ1v) is 9.32. The third kappa shape index (κ3) is 4.23. The zero-order valence-electron chi connectivity index (χ0n) is 11.4. The summed E-state index contributed by atoms with van der Waals surface area (Å²) >= 11 is 0. The van der Waals surface area contributed by atoms with Crippen LogP contribution in [0.2, 0.25) is 0 Å². The summed E-state index contributed by atoms with van der Waals surface area (Å²) < 4.78 is 23.4. The molecular weight excluding hydrogens is 246 g/mol. The highest BCUT2D eigenvalue weighted by Gasteiger charge is 2.30. The Hall–Kier alpha value is -0.0900. The number of sulfone groups is 1. The van der Waals surface area contributed by atoms with E-state index in [0.717, 1.165) is 25.3 Å². The average molecular weight is 273 g/mol. The topological polar surface area (TPSA) is 46.2 Å². The van der Waals surface area contributed by atoms with E-state index in [1.165, 1.54) is 44.9 Å². The zero-order valence-corrected chi connectivity index (χ0v) is 12.2. The second kappa shape index (κ2) is 6.90. The van der Waals surface area contributed by atoms with E-state index in [1.807, 2.05) is 0 Å². The molecule has 1 heterocycles. The van der Waals surface area contributed by atoms with Gasteiger partial charge in [0.05, 0.1) is 11.0 Å². The summed E-state index contributed by atoms with van der Waals surface area (Å²) in [6.45, 7) is 1.70. The van der Waals surface area contributed by atoms with Crippen molar-refractivity contribution in [1.82, 2.24) is 5.32 Å². The molecule has 1 atom stereocenters. The molecule has 1 N–H and O–H groups in total. The maximum Gasteiger partial charge on any atom is 0.154 e. The minimum absolute atomic E-state index is 0.106.